The number of allylic oxidation sites excluding steroid dienone is 4. The number of halogens is 2. The Hall–Kier alpha value is -3.21. The molecule has 154 valence electrons. The molecular formula is C25H23F2NO2. The topological polar surface area (TPSA) is 30.8 Å². The second-order valence-electron chi connectivity index (χ2n) is 7.39. The van der Waals surface area contributed by atoms with Crippen LogP contribution in [-0.4, -0.2) is 19.4 Å². The van der Waals surface area contributed by atoms with Gasteiger partial charge in [0.25, 0.3) is 0 Å². The van der Waals surface area contributed by atoms with Gasteiger partial charge in [-0.05, 0) is 55.7 Å². The largest absolute Gasteiger partial charge is 0.497 e. The molecule has 0 saturated carbocycles. The fourth-order valence-electron chi connectivity index (χ4n) is 3.69. The maximum absolute atomic E-state index is 14.0. The Morgan fingerprint density at radius 1 is 1.20 bits per heavy atom. The number of hydrogen-bond acceptors (Lipinski definition) is 3. The van der Waals surface area contributed by atoms with Crippen molar-refractivity contribution in [3.05, 3.63) is 87.7 Å². The fraction of sp³-hybridized carbons (Fsp3) is 0.240. The molecule has 5 heteroatoms. The zero-order valence-corrected chi connectivity index (χ0v) is 17.3. The van der Waals surface area contributed by atoms with Gasteiger partial charge in [-0.2, -0.15) is 0 Å². The van der Waals surface area contributed by atoms with Crippen LogP contribution in [0.4, 0.5) is 8.78 Å². The molecule has 0 spiro atoms. The van der Waals surface area contributed by atoms with E-state index in [-0.39, 0.29) is 6.61 Å². The second kappa shape index (κ2) is 8.27. The monoisotopic (exact) mass is 407 g/mol. The molecule has 1 aliphatic carbocycles. The third-order valence-electron chi connectivity index (χ3n) is 5.50. The average molecular weight is 407 g/mol. The first kappa shape index (κ1) is 20.1. The Balaban J connectivity index is 1.54. The summed E-state index contributed by atoms with van der Waals surface area (Å²) < 4.78 is 38.7. The third kappa shape index (κ3) is 3.92. The van der Waals surface area contributed by atoms with Gasteiger partial charge in [0.2, 0.25) is 0 Å². The van der Waals surface area contributed by atoms with Gasteiger partial charge in [-0.15, -0.1) is 0 Å². The highest BCUT2D eigenvalue weighted by Crippen LogP contribution is 2.38. The summed E-state index contributed by atoms with van der Waals surface area (Å²) in [6.07, 6.45) is 7.49. The summed E-state index contributed by atoms with van der Waals surface area (Å²) in [5.74, 6) is 0.279. The standard InChI is InChI=1S/C25H23F2NO2/c1-4-15(2)16-9-17-10-20(29-3)13-25(22(17)11-16)30-14-19-6-8-24(28-19)21-7-5-18(26)12-23(21)27/h4-7,10-13H,8-9,14H2,1-3H3/b15-4+. The van der Waals surface area contributed by atoms with Crippen molar-refractivity contribution in [3.8, 4) is 11.5 Å². The molecule has 3 nitrogen and oxygen atoms in total. The fourth-order valence-corrected chi connectivity index (χ4v) is 3.69. The zero-order valence-electron chi connectivity index (χ0n) is 17.3. The number of hydrogen-bond donors (Lipinski definition) is 0. The van der Waals surface area contributed by atoms with Crippen LogP contribution in [-0.2, 0) is 6.42 Å². The van der Waals surface area contributed by atoms with Crippen LogP contribution in [0, 0.1) is 11.6 Å². The van der Waals surface area contributed by atoms with Gasteiger partial charge in [0.05, 0.1) is 18.5 Å². The average Bonchev–Trinajstić information content (AvgIpc) is 3.38. The van der Waals surface area contributed by atoms with E-state index in [4.69, 9.17) is 9.47 Å². The molecule has 2 aliphatic rings. The molecule has 1 heterocycles. The number of aliphatic imine (C=N–C) groups is 1. The Morgan fingerprint density at radius 3 is 2.77 bits per heavy atom. The maximum atomic E-state index is 14.0. The van der Waals surface area contributed by atoms with Crippen molar-refractivity contribution in [1.29, 1.82) is 0 Å². The number of benzene rings is 2. The molecule has 0 saturated heterocycles. The van der Waals surface area contributed by atoms with Gasteiger partial charge in [0.15, 0.2) is 0 Å². The van der Waals surface area contributed by atoms with Crippen LogP contribution in [0.2, 0.25) is 0 Å². The highest BCUT2D eigenvalue weighted by atomic mass is 19.1. The lowest BCUT2D eigenvalue weighted by molar-refractivity contribution is 0.345. The quantitative estimate of drug-likeness (QED) is 0.585. The number of nitrogens with zero attached hydrogens (tertiary/aromatic N) is 1. The zero-order chi connectivity index (χ0) is 21.3. The van der Waals surface area contributed by atoms with Crippen molar-refractivity contribution in [3.63, 3.8) is 0 Å². The van der Waals surface area contributed by atoms with E-state index in [1.807, 2.05) is 25.1 Å². The van der Waals surface area contributed by atoms with Crippen molar-refractivity contribution in [2.45, 2.75) is 26.7 Å². The van der Waals surface area contributed by atoms with E-state index in [9.17, 15) is 8.78 Å². The van der Waals surface area contributed by atoms with E-state index in [1.54, 1.807) is 7.11 Å². The summed E-state index contributed by atoms with van der Waals surface area (Å²) >= 11 is 0. The van der Waals surface area contributed by atoms with E-state index in [1.165, 1.54) is 28.8 Å². The van der Waals surface area contributed by atoms with Crippen LogP contribution in [0.1, 0.15) is 37.0 Å². The molecule has 0 fully saturated rings. The molecule has 0 radical (unpaired) electrons. The molecule has 1 aliphatic heterocycles. The predicted molar refractivity (Wildman–Crippen MR) is 115 cm³/mol. The van der Waals surface area contributed by atoms with Gasteiger partial charge in [0, 0.05) is 29.7 Å². The summed E-state index contributed by atoms with van der Waals surface area (Å²) in [4.78, 5) is 4.49. The molecule has 2 aromatic rings. The van der Waals surface area contributed by atoms with E-state index in [0.717, 1.165) is 35.2 Å². The molecule has 0 N–H and O–H groups in total. The number of rotatable bonds is 6. The van der Waals surface area contributed by atoms with Crippen molar-refractivity contribution < 1.29 is 18.3 Å². The highest BCUT2D eigenvalue weighted by Gasteiger charge is 2.21. The van der Waals surface area contributed by atoms with Gasteiger partial charge in [-0.25, -0.2) is 8.78 Å². The SMILES string of the molecule is C/C=C(\C)C1=Cc2c(cc(OC)cc2OCC2=CCC(c3ccc(F)cc3F)=N2)C1. The van der Waals surface area contributed by atoms with Crippen LogP contribution in [0.25, 0.3) is 6.08 Å². The van der Waals surface area contributed by atoms with E-state index in [2.05, 4.69) is 24.1 Å². The van der Waals surface area contributed by atoms with Crippen LogP contribution in [0.3, 0.4) is 0 Å². The smallest absolute Gasteiger partial charge is 0.135 e. The van der Waals surface area contributed by atoms with Crippen molar-refractivity contribution >= 4 is 11.8 Å². The lowest BCUT2D eigenvalue weighted by Crippen LogP contribution is -2.03. The third-order valence-corrected chi connectivity index (χ3v) is 5.50. The minimum absolute atomic E-state index is 0.262. The first-order chi connectivity index (χ1) is 14.5. The van der Waals surface area contributed by atoms with Gasteiger partial charge < -0.3 is 9.47 Å². The van der Waals surface area contributed by atoms with Crippen LogP contribution >= 0.6 is 0 Å². The Labute approximate surface area is 175 Å². The van der Waals surface area contributed by atoms with Crippen LogP contribution < -0.4 is 9.47 Å². The number of fused-ring (bicyclic) bond motifs is 1. The Morgan fingerprint density at radius 2 is 2.03 bits per heavy atom. The Kier molecular flexibility index (Phi) is 5.53. The van der Waals surface area contributed by atoms with Gasteiger partial charge >= 0.3 is 0 Å². The molecule has 4 rings (SSSR count). The predicted octanol–water partition coefficient (Wildman–Crippen LogP) is 6.03. The van der Waals surface area contributed by atoms with E-state index >= 15 is 0 Å². The van der Waals surface area contributed by atoms with E-state index < -0.39 is 11.6 Å². The summed E-state index contributed by atoms with van der Waals surface area (Å²) in [6, 6.07) is 7.46. The molecule has 30 heavy (non-hydrogen) atoms. The Bertz CT molecular complexity index is 1130. The molecule has 0 unspecified atom stereocenters. The highest BCUT2D eigenvalue weighted by molar-refractivity contribution is 6.03. The van der Waals surface area contributed by atoms with Crippen molar-refractivity contribution in [2.75, 3.05) is 13.7 Å². The normalized spacial score (nSPS) is 15.5. The molecule has 0 amide bonds. The first-order valence-electron chi connectivity index (χ1n) is 9.88. The summed E-state index contributed by atoms with van der Waals surface area (Å²) in [7, 11) is 1.64. The minimum Gasteiger partial charge on any atom is -0.497 e. The number of ether oxygens (including phenoxy) is 2. The van der Waals surface area contributed by atoms with Crippen LogP contribution in [0.5, 0.6) is 11.5 Å². The minimum atomic E-state index is -0.605. The summed E-state index contributed by atoms with van der Waals surface area (Å²) in [5, 5.41) is 0. The first-order valence-corrected chi connectivity index (χ1v) is 9.88. The molecule has 0 aromatic heterocycles. The molecule has 2 aromatic carbocycles. The van der Waals surface area contributed by atoms with Crippen molar-refractivity contribution in [1.82, 2.24) is 0 Å². The molecule has 0 atom stereocenters. The maximum Gasteiger partial charge on any atom is 0.135 e. The van der Waals surface area contributed by atoms with Gasteiger partial charge in [-0.3, -0.25) is 4.99 Å². The van der Waals surface area contributed by atoms with Gasteiger partial charge in [-0.1, -0.05) is 17.7 Å². The number of methoxy groups -OCH3 is 1. The molecule has 0 bridgehead atoms. The second-order valence-corrected chi connectivity index (χ2v) is 7.39. The summed E-state index contributed by atoms with van der Waals surface area (Å²) in [6.45, 7) is 4.39. The summed E-state index contributed by atoms with van der Waals surface area (Å²) in [5.41, 5.74) is 6.34. The molecular weight excluding hydrogens is 384 g/mol. The van der Waals surface area contributed by atoms with Crippen molar-refractivity contribution in [2.24, 2.45) is 4.99 Å². The van der Waals surface area contributed by atoms with Crippen LogP contribution in [0.15, 0.2) is 64.3 Å². The lowest BCUT2D eigenvalue weighted by Gasteiger charge is -2.12. The van der Waals surface area contributed by atoms with Gasteiger partial charge in [0.1, 0.15) is 29.7 Å². The lowest BCUT2D eigenvalue weighted by atomic mass is 10.0. The van der Waals surface area contributed by atoms with E-state index in [0.29, 0.717) is 17.7 Å².